The molecule has 0 radical (unpaired) electrons. The summed E-state index contributed by atoms with van der Waals surface area (Å²) in [6.07, 6.45) is 4.78. The molecule has 0 fully saturated rings. The van der Waals surface area contributed by atoms with E-state index in [-0.39, 0.29) is 5.91 Å². The maximum Gasteiger partial charge on any atom is 0.243 e. The predicted molar refractivity (Wildman–Crippen MR) is 92.8 cm³/mol. The van der Waals surface area contributed by atoms with Gasteiger partial charge in [0.1, 0.15) is 0 Å². The Morgan fingerprint density at radius 2 is 1.92 bits per heavy atom. The molecule has 0 aliphatic rings. The van der Waals surface area contributed by atoms with Gasteiger partial charge in [0.25, 0.3) is 0 Å². The highest BCUT2D eigenvalue weighted by Gasteiger charge is 2.03. The Morgan fingerprint density at radius 1 is 1.08 bits per heavy atom. The van der Waals surface area contributed by atoms with Crippen LogP contribution in [0.15, 0.2) is 54.7 Å². The summed E-state index contributed by atoms with van der Waals surface area (Å²) in [6.45, 7) is 0.748. The first-order valence-corrected chi connectivity index (χ1v) is 8.17. The van der Waals surface area contributed by atoms with Crippen molar-refractivity contribution in [2.45, 2.75) is 32.2 Å². The quantitative estimate of drug-likeness (QED) is 0.398. The topological polar surface area (TPSA) is 67.2 Å². The summed E-state index contributed by atoms with van der Waals surface area (Å²) >= 11 is 0. The number of amides is 1. The fraction of sp³-hybridized carbons (Fsp3) is 0.263. The second-order valence-electron chi connectivity index (χ2n) is 5.93. The van der Waals surface area contributed by atoms with Crippen molar-refractivity contribution in [2.75, 3.05) is 0 Å². The summed E-state index contributed by atoms with van der Waals surface area (Å²) < 4.78 is 1.94. The molecule has 2 N–H and O–H groups in total. The number of hydrogen-bond acceptors (Lipinski definition) is 3. The molecule has 124 valence electrons. The molecule has 0 unspecified atom stereocenters. The van der Waals surface area contributed by atoms with E-state index in [0.29, 0.717) is 6.42 Å². The van der Waals surface area contributed by atoms with Crippen LogP contribution in [0.5, 0.6) is 0 Å². The Morgan fingerprint density at radius 3 is 2.75 bits per heavy atom. The summed E-state index contributed by atoms with van der Waals surface area (Å²) in [4.78, 5) is 10.9. The molecule has 0 saturated carbocycles. The molecule has 5 nitrogen and oxygen atoms in total. The summed E-state index contributed by atoms with van der Waals surface area (Å²) in [5.74, 6) is -0.336. The van der Waals surface area contributed by atoms with Crippen molar-refractivity contribution < 1.29 is 10.0 Å². The molecule has 0 aliphatic heterocycles. The molecule has 24 heavy (non-hydrogen) atoms. The monoisotopic (exact) mass is 323 g/mol. The molecule has 0 aliphatic carbocycles. The van der Waals surface area contributed by atoms with Gasteiger partial charge in [-0.25, -0.2) is 5.48 Å². The number of fused-ring (bicyclic) bond motifs is 1. The van der Waals surface area contributed by atoms with Gasteiger partial charge < -0.3 is 0 Å². The number of aromatic nitrogens is 2. The molecule has 0 spiro atoms. The lowest BCUT2D eigenvalue weighted by Crippen LogP contribution is -2.17. The standard InChI is InChI=1S/C19H21N3O2/c23-19(21-24)8-4-3-7-18-11-12-22(20-18)14-15-9-10-16-5-1-2-6-17(16)13-15/h1-2,5-6,9-13,24H,3-4,7-8,14H2,(H,21,23). The van der Waals surface area contributed by atoms with Crippen LogP contribution in [0, 0.1) is 0 Å². The maximum atomic E-state index is 10.9. The molecule has 3 rings (SSSR count). The Hall–Kier alpha value is -2.66. The minimum atomic E-state index is -0.336. The SMILES string of the molecule is O=C(CCCCc1ccn(Cc2ccc3ccccc3c2)n1)NO. The largest absolute Gasteiger partial charge is 0.289 e. The number of nitrogens with zero attached hydrogens (tertiary/aromatic N) is 2. The molecular formula is C19H21N3O2. The second-order valence-corrected chi connectivity index (χ2v) is 5.93. The van der Waals surface area contributed by atoms with Crippen LogP contribution in [0.2, 0.25) is 0 Å². The summed E-state index contributed by atoms with van der Waals surface area (Å²) in [6, 6.07) is 16.8. The van der Waals surface area contributed by atoms with Crippen LogP contribution in [0.1, 0.15) is 30.5 Å². The highest BCUT2D eigenvalue weighted by molar-refractivity contribution is 5.82. The number of unbranched alkanes of at least 4 members (excludes halogenated alkanes) is 1. The third-order valence-electron chi connectivity index (χ3n) is 4.07. The summed E-state index contributed by atoms with van der Waals surface area (Å²) in [5.41, 5.74) is 3.90. The highest BCUT2D eigenvalue weighted by atomic mass is 16.5. The van der Waals surface area contributed by atoms with Gasteiger partial charge in [0.05, 0.1) is 12.2 Å². The lowest BCUT2D eigenvalue weighted by Gasteiger charge is -2.04. The molecule has 0 saturated heterocycles. The molecule has 0 bridgehead atoms. The maximum absolute atomic E-state index is 10.9. The van der Waals surface area contributed by atoms with E-state index in [1.807, 2.05) is 23.0 Å². The van der Waals surface area contributed by atoms with Crippen molar-refractivity contribution in [3.8, 4) is 0 Å². The summed E-state index contributed by atoms with van der Waals surface area (Å²) in [5, 5.41) is 15.5. The first-order chi connectivity index (χ1) is 11.7. The number of rotatable bonds is 7. The second kappa shape index (κ2) is 7.75. The molecular weight excluding hydrogens is 302 g/mol. The van der Waals surface area contributed by atoms with Crippen LogP contribution in [0.25, 0.3) is 10.8 Å². The average Bonchev–Trinajstić information content (AvgIpc) is 3.05. The zero-order chi connectivity index (χ0) is 16.8. The first kappa shape index (κ1) is 16.2. The zero-order valence-electron chi connectivity index (χ0n) is 13.5. The number of hydrogen-bond donors (Lipinski definition) is 2. The van der Waals surface area contributed by atoms with Crippen molar-refractivity contribution in [2.24, 2.45) is 0 Å². The smallest absolute Gasteiger partial charge is 0.243 e. The van der Waals surface area contributed by atoms with Gasteiger partial charge in [0.2, 0.25) is 5.91 Å². The van der Waals surface area contributed by atoms with Gasteiger partial charge in [-0.3, -0.25) is 14.7 Å². The normalized spacial score (nSPS) is 10.9. The minimum absolute atomic E-state index is 0.336. The predicted octanol–water partition coefficient (Wildman–Crippen LogP) is 3.30. The van der Waals surface area contributed by atoms with Crippen LogP contribution in [0.3, 0.4) is 0 Å². The lowest BCUT2D eigenvalue weighted by atomic mass is 10.1. The number of aryl methyl sites for hydroxylation is 1. The molecule has 2 aromatic carbocycles. The van der Waals surface area contributed by atoms with E-state index in [1.165, 1.54) is 16.3 Å². The number of hydroxylamine groups is 1. The third-order valence-corrected chi connectivity index (χ3v) is 4.07. The molecule has 1 aromatic heterocycles. The van der Waals surface area contributed by atoms with Crippen molar-refractivity contribution >= 4 is 16.7 Å². The van der Waals surface area contributed by atoms with Crippen LogP contribution in [-0.4, -0.2) is 20.9 Å². The van der Waals surface area contributed by atoms with E-state index in [2.05, 4.69) is 41.5 Å². The number of carbonyl (C=O) groups excluding carboxylic acids is 1. The van der Waals surface area contributed by atoms with Crippen LogP contribution >= 0.6 is 0 Å². The summed E-state index contributed by atoms with van der Waals surface area (Å²) in [7, 11) is 0. The van der Waals surface area contributed by atoms with Gasteiger partial charge in [0, 0.05) is 12.6 Å². The zero-order valence-corrected chi connectivity index (χ0v) is 13.5. The van der Waals surface area contributed by atoms with E-state index in [1.54, 1.807) is 5.48 Å². The van der Waals surface area contributed by atoms with Gasteiger partial charge in [-0.15, -0.1) is 0 Å². The van der Waals surface area contributed by atoms with Crippen LogP contribution in [-0.2, 0) is 17.8 Å². The van der Waals surface area contributed by atoms with Gasteiger partial charge in [0.15, 0.2) is 0 Å². The van der Waals surface area contributed by atoms with E-state index in [4.69, 9.17) is 5.21 Å². The fourth-order valence-electron chi connectivity index (χ4n) is 2.80. The minimum Gasteiger partial charge on any atom is -0.289 e. The van der Waals surface area contributed by atoms with Gasteiger partial charge >= 0.3 is 0 Å². The number of carbonyl (C=O) groups is 1. The van der Waals surface area contributed by atoms with Crippen molar-refractivity contribution in [3.63, 3.8) is 0 Å². The highest BCUT2D eigenvalue weighted by Crippen LogP contribution is 2.16. The van der Waals surface area contributed by atoms with Crippen LogP contribution in [0.4, 0.5) is 0 Å². The first-order valence-electron chi connectivity index (χ1n) is 8.17. The molecule has 0 atom stereocenters. The van der Waals surface area contributed by atoms with Crippen molar-refractivity contribution in [3.05, 3.63) is 66.0 Å². The van der Waals surface area contributed by atoms with E-state index >= 15 is 0 Å². The van der Waals surface area contributed by atoms with Gasteiger partial charge in [-0.1, -0.05) is 36.4 Å². The van der Waals surface area contributed by atoms with Crippen LogP contribution < -0.4 is 5.48 Å². The Balaban J connectivity index is 1.56. The van der Waals surface area contributed by atoms with E-state index < -0.39 is 0 Å². The van der Waals surface area contributed by atoms with Gasteiger partial charge in [-0.2, -0.15) is 5.10 Å². The van der Waals surface area contributed by atoms with Crippen molar-refractivity contribution in [1.29, 1.82) is 0 Å². The van der Waals surface area contributed by atoms with Gasteiger partial charge in [-0.05, 0) is 47.7 Å². The Kier molecular flexibility index (Phi) is 5.23. The molecule has 1 heterocycles. The Labute approximate surface area is 140 Å². The molecule has 1 amide bonds. The third kappa shape index (κ3) is 4.20. The molecule has 5 heteroatoms. The van der Waals surface area contributed by atoms with E-state index in [0.717, 1.165) is 31.5 Å². The number of nitrogens with one attached hydrogen (secondary N) is 1. The van der Waals surface area contributed by atoms with E-state index in [9.17, 15) is 4.79 Å². The Bertz CT molecular complexity index is 826. The molecule has 3 aromatic rings. The fourth-order valence-corrected chi connectivity index (χ4v) is 2.80. The average molecular weight is 323 g/mol. The lowest BCUT2D eigenvalue weighted by molar-refractivity contribution is -0.129. The number of benzene rings is 2. The van der Waals surface area contributed by atoms with Crippen molar-refractivity contribution in [1.82, 2.24) is 15.3 Å².